The molecule has 1 aromatic carbocycles. The summed E-state index contributed by atoms with van der Waals surface area (Å²) >= 11 is 15.4. The van der Waals surface area contributed by atoms with Crippen molar-refractivity contribution in [1.29, 1.82) is 0 Å². The predicted molar refractivity (Wildman–Crippen MR) is 84.5 cm³/mol. The van der Waals surface area contributed by atoms with Gasteiger partial charge in [-0.05, 0) is 60.6 Å². The molecule has 0 saturated heterocycles. The van der Waals surface area contributed by atoms with Crippen LogP contribution in [0.25, 0.3) is 0 Å². The van der Waals surface area contributed by atoms with Gasteiger partial charge in [0.1, 0.15) is 5.75 Å². The topological polar surface area (TPSA) is 21.3 Å². The first kappa shape index (κ1) is 15.4. The maximum absolute atomic E-state index is 6.08. The average molecular weight is 367 g/mol. The Labute approximate surface area is 132 Å². The summed E-state index contributed by atoms with van der Waals surface area (Å²) in [5.41, 5.74) is 0. The molecule has 1 fully saturated rings. The minimum Gasteiger partial charge on any atom is -0.492 e. The number of halogens is 3. The lowest BCUT2D eigenvalue weighted by molar-refractivity contribution is 0.305. The van der Waals surface area contributed by atoms with E-state index in [1.807, 2.05) is 0 Å². The van der Waals surface area contributed by atoms with Crippen LogP contribution in [0.1, 0.15) is 32.1 Å². The summed E-state index contributed by atoms with van der Waals surface area (Å²) in [6.45, 7) is 1.80. The molecule has 0 bridgehead atoms. The Balaban J connectivity index is 1.60. The third-order valence-corrected chi connectivity index (χ3v) is 4.56. The molecule has 2 rings (SSSR count). The first-order chi connectivity index (χ1) is 9.16. The van der Waals surface area contributed by atoms with Gasteiger partial charge in [0.15, 0.2) is 0 Å². The number of ether oxygens (including phenoxy) is 1. The molecular weight excluding hydrogens is 349 g/mol. The lowest BCUT2D eigenvalue weighted by atomic mass is 10.2. The Morgan fingerprint density at radius 1 is 1.16 bits per heavy atom. The lowest BCUT2D eigenvalue weighted by Gasteiger charge is -2.09. The van der Waals surface area contributed by atoms with Gasteiger partial charge in [-0.3, -0.25) is 0 Å². The SMILES string of the molecule is Clc1cc(OCCCCCNC2CC2)c(Cl)cc1Br. The molecule has 1 aliphatic carbocycles. The Bertz CT molecular complexity index is 424. The highest BCUT2D eigenvalue weighted by Gasteiger charge is 2.19. The van der Waals surface area contributed by atoms with Crippen molar-refractivity contribution in [3.05, 3.63) is 26.7 Å². The molecule has 1 N–H and O–H groups in total. The quantitative estimate of drug-likeness (QED) is 0.513. The van der Waals surface area contributed by atoms with Gasteiger partial charge in [-0.25, -0.2) is 0 Å². The molecule has 1 aliphatic rings. The van der Waals surface area contributed by atoms with Crippen molar-refractivity contribution in [3.63, 3.8) is 0 Å². The minimum atomic E-state index is 0.590. The second kappa shape index (κ2) is 7.72. The van der Waals surface area contributed by atoms with Crippen LogP contribution in [0, 0.1) is 0 Å². The Morgan fingerprint density at radius 3 is 2.68 bits per heavy atom. The van der Waals surface area contributed by atoms with Gasteiger partial charge in [0.2, 0.25) is 0 Å². The van der Waals surface area contributed by atoms with Gasteiger partial charge in [0.05, 0.1) is 16.7 Å². The molecule has 0 aromatic heterocycles. The largest absolute Gasteiger partial charge is 0.492 e. The lowest BCUT2D eigenvalue weighted by Crippen LogP contribution is -2.17. The minimum absolute atomic E-state index is 0.590. The van der Waals surface area contributed by atoms with E-state index in [9.17, 15) is 0 Å². The van der Waals surface area contributed by atoms with Crippen LogP contribution in [0.3, 0.4) is 0 Å². The average Bonchev–Trinajstić information content (AvgIpc) is 3.18. The molecule has 1 aromatic rings. The van der Waals surface area contributed by atoms with Crippen LogP contribution < -0.4 is 10.1 Å². The molecule has 1 saturated carbocycles. The van der Waals surface area contributed by atoms with E-state index in [4.69, 9.17) is 27.9 Å². The number of hydrogen-bond acceptors (Lipinski definition) is 2. The van der Waals surface area contributed by atoms with Crippen LogP contribution >= 0.6 is 39.1 Å². The fourth-order valence-electron chi connectivity index (χ4n) is 1.79. The Morgan fingerprint density at radius 2 is 1.95 bits per heavy atom. The van der Waals surface area contributed by atoms with Crippen molar-refractivity contribution in [3.8, 4) is 5.75 Å². The third-order valence-electron chi connectivity index (χ3n) is 3.06. The molecule has 0 unspecified atom stereocenters. The summed E-state index contributed by atoms with van der Waals surface area (Å²) in [6, 6.07) is 4.32. The standard InChI is InChI=1S/C14H18BrCl2NO/c15-11-8-13(17)14(9-12(11)16)19-7-3-1-2-6-18-10-4-5-10/h8-10,18H,1-7H2. The van der Waals surface area contributed by atoms with Gasteiger partial charge in [0, 0.05) is 16.6 Å². The molecule has 5 heteroatoms. The highest BCUT2D eigenvalue weighted by Crippen LogP contribution is 2.34. The Hall–Kier alpha value is 0.0400. The van der Waals surface area contributed by atoms with E-state index in [1.54, 1.807) is 12.1 Å². The van der Waals surface area contributed by atoms with E-state index >= 15 is 0 Å². The summed E-state index contributed by atoms with van der Waals surface area (Å²) in [6.07, 6.45) is 6.12. The van der Waals surface area contributed by atoms with Gasteiger partial charge in [-0.15, -0.1) is 0 Å². The van der Waals surface area contributed by atoms with Gasteiger partial charge in [-0.2, -0.15) is 0 Å². The van der Waals surface area contributed by atoms with Crippen LogP contribution in [0.15, 0.2) is 16.6 Å². The summed E-state index contributed by atoms with van der Waals surface area (Å²) in [4.78, 5) is 0. The third kappa shape index (κ3) is 5.50. The second-order valence-corrected chi connectivity index (χ2v) is 6.50. The first-order valence-electron chi connectivity index (χ1n) is 6.67. The molecule has 19 heavy (non-hydrogen) atoms. The van der Waals surface area contributed by atoms with Crippen molar-refractivity contribution in [2.75, 3.05) is 13.2 Å². The number of benzene rings is 1. The van der Waals surface area contributed by atoms with Crippen molar-refractivity contribution in [2.24, 2.45) is 0 Å². The van der Waals surface area contributed by atoms with E-state index in [-0.39, 0.29) is 0 Å². The molecule has 0 atom stereocenters. The molecule has 0 amide bonds. The number of hydrogen-bond donors (Lipinski definition) is 1. The van der Waals surface area contributed by atoms with E-state index in [2.05, 4.69) is 21.2 Å². The zero-order valence-corrected chi connectivity index (χ0v) is 13.8. The predicted octanol–water partition coefficient (Wildman–Crippen LogP) is 5.06. The molecule has 2 nitrogen and oxygen atoms in total. The summed E-state index contributed by atoms with van der Waals surface area (Å²) < 4.78 is 6.44. The number of unbranched alkanes of at least 4 members (excludes halogenated alkanes) is 2. The van der Waals surface area contributed by atoms with Crippen LogP contribution in [-0.2, 0) is 0 Å². The van der Waals surface area contributed by atoms with Gasteiger partial charge in [0.25, 0.3) is 0 Å². The van der Waals surface area contributed by atoms with E-state index < -0.39 is 0 Å². The van der Waals surface area contributed by atoms with E-state index in [0.717, 1.165) is 23.5 Å². The summed E-state index contributed by atoms with van der Waals surface area (Å²) in [5.74, 6) is 0.658. The highest BCUT2D eigenvalue weighted by atomic mass is 79.9. The zero-order chi connectivity index (χ0) is 13.7. The summed E-state index contributed by atoms with van der Waals surface area (Å²) in [5, 5.41) is 4.71. The first-order valence-corrected chi connectivity index (χ1v) is 8.22. The van der Waals surface area contributed by atoms with Gasteiger partial charge >= 0.3 is 0 Å². The monoisotopic (exact) mass is 365 g/mol. The van der Waals surface area contributed by atoms with Crippen LogP contribution in [0.4, 0.5) is 0 Å². The fourth-order valence-corrected chi connectivity index (χ4v) is 2.64. The highest BCUT2D eigenvalue weighted by molar-refractivity contribution is 9.10. The summed E-state index contributed by atoms with van der Waals surface area (Å²) in [7, 11) is 0. The molecule has 0 aliphatic heterocycles. The van der Waals surface area contributed by atoms with E-state index in [1.165, 1.54) is 25.7 Å². The molecule has 0 spiro atoms. The number of nitrogens with one attached hydrogen (secondary N) is 1. The van der Waals surface area contributed by atoms with Crippen molar-refractivity contribution in [1.82, 2.24) is 5.32 Å². The molecule has 0 heterocycles. The van der Waals surface area contributed by atoms with Crippen molar-refractivity contribution in [2.45, 2.75) is 38.1 Å². The number of rotatable bonds is 8. The van der Waals surface area contributed by atoms with E-state index in [0.29, 0.717) is 22.4 Å². The fraction of sp³-hybridized carbons (Fsp3) is 0.571. The van der Waals surface area contributed by atoms with Gasteiger partial charge < -0.3 is 10.1 Å². The maximum atomic E-state index is 6.08. The van der Waals surface area contributed by atoms with Crippen LogP contribution in [-0.4, -0.2) is 19.2 Å². The smallest absolute Gasteiger partial charge is 0.139 e. The normalized spacial score (nSPS) is 14.7. The maximum Gasteiger partial charge on any atom is 0.139 e. The molecular formula is C14H18BrCl2NO. The second-order valence-electron chi connectivity index (χ2n) is 4.83. The molecule has 0 radical (unpaired) electrons. The Kier molecular flexibility index (Phi) is 6.27. The van der Waals surface area contributed by atoms with Crippen LogP contribution in [0.2, 0.25) is 10.0 Å². The van der Waals surface area contributed by atoms with Gasteiger partial charge in [-0.1, -0.05) is 23.2 Å². The molecule has 106 valence electrons. The van der Waals surface area contributed by atoms with Crippen LogP contribution in [0.5, 0.6) is 5.75 Å². The zero-order valence-electron chi connectivity index (χ0n) is 10.7. The van der Waals surface area contributed by atoms with Crippen molar-refractivity contribution >= 4 is 39.1 Å². The van der Waals surface area contributed by atoms with Crippen molar-refractivity contribution < 1.29 is 4.74 Å².